The zero-order chi connectivity index (χ0) is 18.8. The minimum Gasteiger partial charge on any atom is -0.485 e. The van der Waals surface area contributed by atoms with Crippen LogP contribution in [0.25, 0.3) is 24.3 Å². The number of fused-ring (bicyclic) bond motifs is 2. The van der Waals surface area contributed by atoms with Gasteiger partial charge in [-0.05, 0) is 23.3 Å². The van der Waals surface area contributed by atoms with Crippen molar-refractivity contribution < 1.29 is 18.9 Å². The van der Waals surface area contributed by atoms with Gasteiger partial charge in [0.2, 0.25) is 0 Å². The summed E-state index contributed by atoms with van der Waals surface area (Å²) in [6, 6.07) is 8.43. The maximum absolute atomic E-state index is 5.72. The molecular formula is C22H18O4S2. The van der Waals surface area contributed by atoms with E-state index in [1.54, 1.807) is 22.7 Å². The van der Waals surface area contributed by atoms with Crippen molar-refractivity contribution in [2.75, 3.05) is 26.4 Å². The van der Waals surface area contributed by atoms with Crippen molar-refractivity contribution in [3.8, 4) is 23.0 Å². The van der Waals surface area contributed by atoms with Crippen molar-refractivity contribution in [3.63, 3.8) is 0 Å². The third-order valence-electron chi connectivity index (χ3n) is 4.45. The minimum atomic E-state index is 0.607. The van der Waals surface area contributed by atoms with E-state index in [4.69, 9.17) is 18.9 Å². The zero-order valence-corrected chi connectivity index (χ0v) is 16.7. The Hall–Kier alpha value is -2.70. The van der Waals surface area contributed by atoms with Crippen LogP contribution in [-0.2, 0) is 0 Å². The maximum Gasteiger partial charge on any atom is 0.179 e. The molecule has 0 fully saturated rings. The van der Waals surface area contributed by atoms with Crippen LogP contribution < -0.4 is 18.9 Å². The first-order valence-corrected chi connectivity index (χ1v) is 10.8. The second-order valence-corrected chi connectivity index (χ2v) is 8.14. The Balaban J connectivity index is 1.28. The predicted molar refractivity (Wildman–Crippen MR) is 115 cm³/mol. The molecule has 2 aliphatic rings. The molecule has 0 spiro atoms. The van der Waals surface area contributed by atoms with Gasteiger partial charge in [0, 0.05) is 10.8 Å². The molecule has 0 unspecified atom stereocenters. The quantitative estimate of drug-likeness (QED) is 0.553. The number of rotatable bonds is 4. The molecule has 0 saturated heterocycles. The van der Waals surface area contributed by atoms with Crippen LogP contribution in [0.2, 0.25) is 0 Å². The standard InChI is InChI=1S/C22H18O4S2/c1-2-16(6-8-20-22-18(14-28-20)24-10-12-26-22)4-3-15(1)5-7-19-21-17(13-27-19)23-9-11-25-21/h1-8,13-14H,9-12H2/b7-5+,8-6+. The monoisotopic (exact) mass is 410 g/mol. The Morgan fingerprint density at radius 1 is 0.571 bits per heavy atom. The molecule has 1 aromatic carbocycles. The third-order valence-corrected chi connectivity index (χ3v) is 6.26. The first-order valence-electron chi connectivity index (χ1n) is 9.07. The van der Waals surface area contributed by atoms with E-state index in [1.165, 1.54) is 0 Å². The van der Waals surface area contributed by atoms with Gasteiger partial charge in [-0.15, -0.1) is 22.7 Å². The van der Waals surface area contributed by atoms with E-state index < -0.39 is 0 Å². The molecule has 0 bridgehead atoms. The van der Waals surface area contributed by atoms with Crippen LogP contribution in [0.15, 0.2) is 35.0 Å². The molecule has 2 aliphatic heterocycles. The van der Waals surface area contributed by atoms with Crippen LogP contribution in [0.3, 0.4) is 0 Å². The van der Waals surface area contributed by atoms with Crippen molar-refractivity contribution >= 4 is 47.0 Å². The number of benzene rings is 1. The molecule has 4 heterocycles. The summed E-state index contributed by atoms with van der Waals surface area (Å²) in [5.74, 6) is 3.41. The highest BCUT2D eigenvalue weighted by molar-refractivity contribution is 7.12. The number of ether oxygens (including phenoxy) is 4. The van der Waals surface area contributed by atoms with Gasteiger partial charge in [-0.25, -0.2) is 0 Å². The average molecular weight is 411 g/mol. The molecule has 0 aliphatic carbocycles. The Morgan fingerprint density at radius 2 is 1.00 bits per heavy atom. The highest BCUT2D eigenvalue weighted by Gasteiger charge is 2.17. The summed E-state index contributed by atoms with van der Waals surface area (Å²) in [7, 11) is 0. The predicted octanol–water partition coefficient (Wildman–Crippen LogP) is 5.69. The summed E-state index contributed by atoms with van der Waals surface area (Å²) in [5.41, 5.74) is 2.28. The van der Waals surface area contributed by atoms with E-state index in [2.05, 4.69) is 48.6 Å². The van der Waals surface area contributed by atoms with Gasteiger partial charge in [0.05, 0.1) is 9.75 Å². The number of hydrogen-bond donors (Lipinski definition) is 0. The third kappa shape index (κ3) is 3.53. The van der Waals surface area contributed by atoms with Gasteiger partial charge in [-0.1, -0.05) is 36.4 Å². The lowest BCUT2D eigenvalue weighted by molar-refractivity contribution is 0.173. The SMILES string of the molecule is C(=C\c1scc2c1OCCO2)/c1ccc(/C=C/c2scc3c2OCCO3)cc1. The molecule has 4 nitrogen and oxygen atoms in total. The van der Waals surface area contributed by atoms with Gasteiger partial charge in [0.25, 0.3) is 0 Å². The van der Waals surface area contributed by atoms with Gasteiger partial charge in [0.15, 0.2) is 23.0 Å². The summed E-state index contributed by atoms with van der Waals surface area (Å²) in [4.78, 5) is 2.17. The molecule has 3 aromatic rings. The molecule has 0 atom stereocenters. The van der Waals surface area contributed by atoms with Gasteiger partial charge in [-0.2, -0.15) is 0 Å². The molecular weight excluding hydrogens is 392 g/mol. The van der Waals surface area contributed by atoms with Crippen molar-refractivity contribution in [1.29, 1.82) is 0 Å². The fraction of sp³-hybridized carbons (Fsp3) is 0.182. The summed E-state index contributed by atoms with van der Waals surface area (Å²) < 4.78 is 22.6. The van der Waals surface area contributed by atoms with E-state index in [1.807, 2.05) is 10.8 Å². The van der Waals surface area contributed by atoms with Crippen LogP contribution in [0.5, 0.6) is 23.0 Å². The highest BCUT2D eigenvalue weighted by atomic mass is 32.1. The molecule has 142 valence electrons. The van der Waals surface area contributed by atoms with Crippen LogP contribution in [0.1, 0.15) is 20.9 Å². The van der Waals surface area contributed by atoms with E-state index >= 15 is 0 Å². The van der Waals surface area contributed by atoms with Crippen molar-refractivity contribution in [3.05, 3.63) is 55.9 Å². The normalized spacial score (nSPS) is 15.4. The maximum atomic E-state index is 5.72. The van der Waals surface area contributed by atoms with Crippen LogP contribution in [0.4, 0.5) is 0 Å². The topological polar surface area (TPSA) is 36.9 Å². The zero-order valence-electron chi connectivity index (χ0n) is 15.1. The summed E-state index contributed by atoms with van der Waals surface area (Å²) >= 11 is 3.27. The van der Waals surface area contributed by atoms with Crippen LogP contribution >= 0.6 is 22.7 Å². The molecule has 5 rings (SSSR count). The average Bonchev–Trinajstić information content (AvgIpc) is 3.36. The number of hydrogen-bond acceptors (Lipinski definition) is 6. The van der Waals surface area contributed by atoms with Crippen LogP contribution in [-0.4, -0.2) is 26.4 Å². The summed E-state index contributed by atoms with van der Waals surface area (Å²) in [5, 5.41) is 4.00. The molecule has 0 amide bonds. The summed E-state index contributed by atoms with van der Waals surface area (Å²) in [6.45, 7) is 2.46. The molecule has 2 aromatic heterocycles. The smallest absolute Gasteiger partial charge is 0.179 e. The lowest BCUT2D eigenvalue weighted by Crippen LogP contribution is -2.14. The van der Waals surface area contributed by atoms with E-state index in [-0.39, 0.29) is 0 Å². The minimum absolute atomic E-state index is 0.607. The van der Waals surface area contributed by atoms with Crippen molar-refractivity contribution in [2.24, 2.45) is 0 Å². The Morgan fingerprint density at radius 3 is 1.46 bits per heavy atom. The molecule has 28 heavy (non-hydrogen) atoms. The van der Waals surface area contributed by atoms with Crippen molar-refractivity contribution in [2.45, 2.75) is 0 Å². The van der Waals surface area contributed by atoms with Crippen molar-refractivity contribution in [1.82, 2.24) is 0 Å². The first-order chi connectivity index (χ1) is 13.9. The molecule has 6 heteroatoms. The largest absolute Gasteiger partial charge is 0.485 e. The Labute approximate surface area is 171 Å². The lowest BCUT2D eigenvalue weighted by atomic mass is 10.1. The first kappa shape index (κ1) is 17.4. The second kappa shape index (κ2) is 7.73. The van der Waals surface area contributed by atoms with Gasteiger partial charge in [-0.3, -0.25) is 0 Å². The van der Waals surface area contributed by atoms with E-state index in [0.29, 0.717) is 26.4 Å². The molecule has 0 N–H and O–H groups in total. The Kier molecular flexibility index (Phi) is 4.81. The highest BCUT2D eigenvalue weighted by Crippen LogP contribution is 2.41. The van der Waals surface area contributed by atoms with Gasteiger partial charge in [0.1, 0.15) is 26.4 Å². The van der Waals surface area contributed by atoms with Crippen LogP contribution in [0, 0.1) is 0 Å². The lowest BCUT2D eigenvalue weighted by Gasteiger charge is -2.15. The van der Waals surface area contributed by atoms with Gasteiger partial charge < -0.3 is 18.9 Å². The second-order valence-electron chi connectivity index (χ2n) is 6.31. The number of thiophene rings is 2. The van der Waals surface area contributed by atoms with Gasteiger partial charge >= 0.3 is 0 Å². The van der Waals surface area contributed by atoms with E-state index in [0.717, 1.165) is 43.9 Å². The molecule has 0 radical (unpaired) electrons. The fourth-order valence-corrected chi connectivity index (χ4v) is 4.70. The van der Waals surface area contributed by atoms with E-state index in [9.17, 15) is 0 Å². The molecule has 0 saturated carbocycles. The fourth-order valence-electron chi connectivity index (χ4n) is 3.06. The summed E-state index contributed by atoms with van der Waals surface area (Å²) in [6.07, 6.45) is 8.35. The Bertz CT molecular complexity index is 944.